The first-order chi connectivity index (χ1) is 25.0. The third kappa shape index (κ3) is 6.01. The molecule has 0 spiro atoms. The Labute approximate surface area is 306 Å². The quantitative estimate of drug-likeness (QED) is 0.183. The number of carbonyl (C=O) groups excluding carboxylic acids is 3. The molecular formula is C43H52O9. The van der Waals surface area contributed by atoms with E-state index in [1.807, 2.05) is 19.1 Å². The Hall–Kier alpha value is -3.53. The topological polar surface area (TPSA) is 118 Å². The first-order valence-electron chi connectivity index (χ1n) is 19.4. The van der Waals surface area contributed by atoms with Crippen molar-refractivity contribution in [2.24, 2.45) is 40.4 Å². The van der Waals surface area contributed by atoms with Crippen molar-refractivity contribution in [3.05, 3.63) is 83.4 Å². The molecule has 2 heterocycles. The molecule has 6 aliphatic rings. The second-order valence-electron chi connectivity index (χ2n) is 17.0. The van der Waals surface area contributed by atoms with Gasteiger partial charge in [-0.15, -0.1) is 0 Å². The van der Waals surface area contributed by atoms with Crippen molar-refractivity contribution < 1.29 is 43.2 Å². The average Bonchev–Trinajstić information content (AvgIpc) is 3.70. The van der Waals surface area contributed by atoms with Crippen LogP contribution in [0.4, 0.5) is 0 Å². The summed E-state index contributed by atoms with van der Waals surface area (Å²) in [6.07, 6.45) is 7.24. The molecule has 8 rings (SSSR count). The van der Waals surface area contributed by atoms with E-state index in [4.69, 9.17) is 23.7 Å². The molecule has 52 heavy (non-hydrogen) atoms. The fourth-order valence-corrected chi connectivity index (χ4v) is 11.6. The van der Waals surface area contributed by atoms with E-state index in [-0.39, 0.29) is 40.7 Å². The molecule has 12 atom stereocenters. The number of hydrogen-bond donors (Lipinski definition) is 1. The van der Waals surface area contributed by atoms with Crippen molar-refractivity contribution in [3.8, 4) is 0 Å². The molecule has 0 aromatic heterocycles. The molecule has 4 aliphatic carbocycles. The molecule has 0 amide bonds. The molecule has 9 nitrogen and oxygen atoms in total. The lowest BCUT2D eigenvalue weighted by molar-refractivity contribution is -0.280. The van der Waals surface area contributed by atoms with Gasteiger partial charge in [0.25, 0.3) is 0 Å². The Morgan fingerprint density at radius 1 is 0.808 bits per heavy atom. The minimum absolute atomic E-state index is 0.0679. The van der Waals surface area contributed by atoms with Gasteiger partial charge >= 0.3 is 17.9 Å². The molecule has 0 bridgehead atoms. The van der Waals surface area contributed by atoms with Crippen molar-refractivity contribution in [1.82, 2.24) is 0 Å². The summed E-state index contributed by atoms with van der Waals surface area (Å²) in [6, 6.07) is 17.6. The van der Waals surface area contributed by atoms with Crippen LogP contribution in [0.3, 0.4) is 0 Å². The van der Waals surface area contributed by atoms with Crippen LogP contribution in [0.5, 0.6) is 0 Å². The molecule has 2 aromatic carbocycles. The molecule has 3 unspecified atom stereocenters. The maximum Gasteiger partial charge on any atom is 0.338 e. The highest BCUT2D eigenvalue weighted by Gasteiger charge is 2.67. The van der Waals surface area contributed by atoms with E-state index in [1.54, 1.807) is 54.6 Å². The SMILES string of the molecule is C[C@H]1CO[C@H](O[C@H]2CC[C@]3(C)C4CC[C@]5(C)[C@@H](C6=CC(=O)OC6)CC[C@]5(O)C4CC[C@@H]3C2)C(OC(=O)c2ccccc2)[C@@H]1OC(=O)c1ccccc1. The monoisotopic (exact) mass is 712 g/mol. The molecule has 2 aliphatic heterocycles. The molecule has 4 saturated carbocycles. The van der Waals surface area contributed by atoms with Crippen molar-refractivity contribution >= 4 is 17.9 Å². The fraction of sp³-hybridized carbons (Fsp3) is 0.605. The van der Waals surface area contributed by atoms with Crippen LogP contribution < -0.4 is 0 Å². The summed E-state index contributed by atoms with van der Waals surface area (Å²) in [5, 5.41) is 12.6. The molecule has 5 fully saturated rings. The van der Waals surface area contributed by atoms with E-state index in [1.165, 1.54) is 0 Å². The summed E-state index contributed by atoms with van der Waals surface area (Å²) in [7, 11) is 0. The summed E-state index contributed by atoms with van der Waals surface area (Å²) < 4.78 is 30.6. The smallest absolute Gasteiger partial charge is 0.338 e. The number of ether oxygens (including phenoxy) is 5. The molecular weight excluding hydrogens is 660 g/mol. The molecule has 9 heteroatoms. The van der Waals surface area contributed by atoms with Crippen LogP contribution in [0.1, 0.15) is 99.3 Å². The summed E-state index contributed by atoms with van der Waals surface area (Å²) in [5.74, 6) is -0.268. The number of fused-ring (bicyclic) bond motifs is 5. The van der Waals surface area contributed by atoms with E-state index < -0.39 is 36.0 Å². The zero-order valence-electron chi connectivity index (χ0n) is 30.5. The third-order valence-corrected chi connectivity index (χ3v) is 14.4. The third-order valence-electron chi connectivity index (χ3n) is 14.4. The van der Waals surface area contributed by atoms with Gasteiger partial charge in [0.1, 0.15) is 12.7 Å². The van der Waals surface area contributed by atoms with Gasteiger partial charge in [-0.05, 0) is 117 Å². The van der Waals surface area contributed by atoms with E-state index in [0.29, 0.717) is 36.2 Å². The van der Waals surface area contributed by atoms with Gasteiger partial charge in [-0.1, -0.05) is 57.2 Å². The zero-order chi connectivity index (χ0) is 36.3. The number of benzene rings is 2. The van der Waals surface area contributed by atoms with Gasteiger partial charge < -0.3 is 28.8 Å². The highest BCUT2D eigenvalue weighted by Crippen LogP contribution is 2.70. The number of carbonyl (C=O) groups is 3. The lowest BCUT2D eigenvalue weighted by Crippen LogP contribution is -2.62. The predicted molar refractivity (Wildman–Crippen MR) is 191 cm³/mol. The van der Waals surface area contributed by atoms with Gasteiger partial charge in [0.15, 0.2) is 12.4 Å². The maximum atomic E-state index is 13.4. The Morgan fingerprint density at radius 3 is 2.13 bits per heavy atom. The van der Waals surface area contributed by atoms with E-state index in [2.05, 4.69) is 13.8 Å². The van der Waals surface area contributed by atoms with Crippen LogP contribution in [0.15, 0.2) is 72.3 Å². The lowest BCUT2D eigenvalue weighted by Gasteiger charge is -2.64. The summed E-state index contributed by atoms with van der Waals surface area (Å²) >= 11 is 0. The van der Waals surface area contributed by atoms with Crippen LogP contribution in [-0.2, 0) is 28.5 Å². The second kappa shape index (κ2) is 13.7. The van der Waals surface area contributed by atoms with Crippen molar-refractivity contribution in [3.63, 3.8) is 0 Å². The molecule has 0 radical (unpaired) electrons. The summed E-state index contributed by atoms with van der Waals surface area (Å²) in [4.78, 5) is 38.7. The Kier molecular flexibility index (Phi) is 9.36. The van der Waals surface area contributed by atoms with Crippen LogP contribution in [0.25, 0.3) is 0 Å². The molecule has 1 saturated heterocycles. The fourth-order valence-electron chi connectivity index (χ4n) is 11.6. The molecule has 2 aromatic rings. The van der Waals surface area contributed by atoms with Gasteiger partial charge in [-0.25, -0.2) is 14.4 Å². The Balaban J connectivity index is 0.982. The molecule has 278 valence electrons. The Morgan fingerprint density at radius 2 is 1.48 bits per heavy atom. The number of cyclic esters (lactones) is 1. The molecule has 1 N–H and O–H groups in total. The average molecular weight is 713 g/mol. The standard InChI is InChI=1S/C43H52O9/c1-26-24-49-40(37(52-39(46)28-12-8-5-9-13-28)36(26)51-38(45)27-10-6-4-7-11-27)50-31-16-19-41(2)30(23-31)14-15-34-33(41)17-20-42(3)32(18-21-43(34,42)47)29-22-35(44)48-25-29/h4-13,22,26,30-34,36-37,40,47H,14-21,23-25H2,1-3H3/t26-,30+,31-,32+,33?,34?,36+,37?,40+,41-,42+,43-/m0/s1. The first-order valence-corrected chi connectivity index (χ1v) is 19.4. The van der Waals surface area contributed by atoms with Crippen LogP contribution in [-0.4, -0.2) is 66.4 Å². The largest absolute Gasteiger partial charge is 0.458 e. The minimum atomic E-state index is -0.954. The minimum Gasteiger partial charge on any atom is -0.458 e. The second-order valence-corrected chi connectivity index (χ2v) is 17.0. The van der Waals surface area contributed by atoms with Crippen LogP contribution in [0.2, 0.25) is 0 Å². The van der Waals surface area contributed by atoms with Crippen LogP contribution in [0, 0.1) is 40.4 Å². The zero-order valence-corrected chi connectivity index (χ0v) is 30.5. The van der Waals surface area contributed by atoms with Crippen molar-refractivity contribution in [2.45, 2.75) is 109 Å². The summed E-state index contributed by atoms with van der Waals surface area (Å²) in [5.41, 5.74) is 0.929. The Bertz CT molecular complexity index is 1690. The van der Waals surface area contributed by atoms with E-state index in [9.17, 15) is 19.5 Å². The van der Waals surface area contributed by atoms with Crippen molar-refractivity contribution in [1.29, 1.82) is 0 Å². The first kappa shape index (κ1) is 35.5. The normalized spacial score (nSPS) is 41.1. The lowest BCUT2D eigenvalue weighted by atomic mass is 9.43. The van der Waals surface area contributed by atoms with Gasteiger partial charge in [-0.3, -0.25) is 0 Å². The van der Waals surface area contributed by atoms with E-state index >= 15 is 0 Å². The summed E-state index contributed by atoms with van der Waals surface area (Å²) in [6.45, 7) is 7.29. The van der Waals surface area contributed by atoms with Gasteiger partial charge in [0, 0.05) is 17.4 Å². The van der Waals surface area contributed by atoms with Gasteiger partial charge in [0.05, 0.1) is 29.4 Å². The maximum absolute atomic E-state index is 13.4. The number of aliphatic hydroxyl groups is 1. The highest BCUT2D eigenvalue weighted by molar-refractivity contribution is 5.90. The van der Waals surface area contributed by atoms with Crippen molar-refractivity contribution in [2.75, 3.05) is 13.2 Å². The van der Waals surface area contributed by atoms with Crippen LogP contribution >= 0.6 is 0 Å². The van der Waals surface area contributed by atoms with Gasteiger partial charge in [-0.2, -0.15) is 0 Å². The number of esters is 3. The number of hydrogen-bond acceptors (Lipinski definition) is 9. The highest BCUT2D eigenvalue weighted by atomic mass is 16.7. The van der Waals surface area contributed by atoms with E-state index in [0.717, 1.165) is 63.4 Å². The van der Waals surface area contributed by atoms with Gasteiger partial charge in [0.2, 0.25) is 0 Å². The predicted octanol–water partition coefficient (Wildman–Crippen LogP) is 7.07. The number of rotatable bonds is 7.